The van der Waals surface area contributed by atoms with Gasteiger partial charge in [0, 0.05) is 47.9 Å². The molecule has 2 aliphatic heterocycles. The van der Waals surface area contributed by atoms with Crippen molar-refractivity contribution >= 4 is 69.6 Å². The predicted molar refractivity (Wildman–Crippen MR) is 132 cm³/mol. The molecular formula is C21H20Cl4N4O2S. The quantitative estimate of drug-likeness (QED) is 0.355. The molecule has 0 spiro atoms. The molecule has 0 radical (unpaired) electrons. The molecule has 2 aromatic rings. The average molecular weight is 534 g/mol. The number of nitrogens with zero attached hydrogens (tertiary/aromatic N) is 2. The van der Waals surface area contributed by atoms with Gasteiger partial charge in [0.05, 0.1) is 0 Å². The number of hydrogen-bond donors (Lipinski definition) is 2. The number of pyridine rings is 1. The maximum atomic E-state index is 12.7. The van der Waals surface area contributed by atoms with Crippen LogP contribution in [0.1, 0.15) is 28.4 Å². The van der Waals surface area contributed by atoms with E-state index in [0.29, 0.717) is 35.3 Å². The van der Waals surface area contributed by atoms with Crippen LogP contribution in [0.5, 0.6) is 0 Å². The van der Waals surface area contributed by atoms with Crippen LogP contribution in [0.25, 0.3) is 0 Å². The number of carbonyl (C=O) groups is 1. The minimum atomic E-state index is -1.86. The van der Waals surface area contributed by atoms with E-state index in [9.17, 15) is 9.59 Å². The third kappa shape index (κ3) is 5.18. The summed E-state index contributed by atoms with van der Waals surface area (Å²) in [7, 11) is 0. The summed E-state index contributed by atoms with van der Waals surface area (Å²) in [5.41, 5.74) is 1.36. The van der Waals surface area contributed by atoms with Crippen LogP contribution >= 0.6 is 58.6 Å². The number of fused-ring (bicyclic) bond motifs is 4. The lowest BCUT2D eigenvalue weighted by Gasteiger charge is -2.44. The maximum Gasteiger partial charge on any atom is 0.253 e. The van der Waals surface area contributed by atoms with Gasteiger partial charge in [-0.25, -0.2) is 0 Å². The first kappa shape index (κ1) is 23.6. The number of rotatable bonds is 3. The molecule has 4 rings (SSSR count). The molecule has 32 heavy (non-hydrogen) atoms. The largest absolute Gasteiger partial charge is 0.348 e. The third-order valence-electron chi connectivity index (χ3n) is 5.72. The molecule has 6 nitrogen and oxygen atoms in total. The number of hydrogen-bond acceptors (Lipinski definition) is 3. The van der Waals surface area contributed by atoms with E-state index in [0.717, 1.165) is 12.1 Å². The van der Waals surface area contributed by atoms with Crippen molar-refractivity contribution in [2.45, 2.75) is 28.8 Å². The Labute approximate surface area is 210 Å². The minimum Gasteiger partial charge on any atom is -0.348 e. The van der Waals surface area contributed by atoms with E-state index in [2.05, 4.69) is 10.6 Å². The standard InChI is InChI=1S/C21H20Cl4N4O2S/c22-15-4-1-3-13(8-15)18(31)26-19(21(23,24)25)27-20(32)28-9-12-7-14(11-28)16-5-2-6-17(30)29(16)10-12/h1-6,8,12,14,19H,7,9-11H2,(H,26,31)(H,27,32)/t12-,14+,19?/m1/s1. The molecule has 1 fully saturated rings. The zero-order valence-corrected chi connectivity index (χ0v) is 20.6. The predicted octanol–water partition coefficient (Wildman–Crippen LogP) is 3.92. The Morgan fingerprint density at radius 1 is 1.09 bits per heavy atom. The van der Waals surface area contributed by atoms with E-state index in [4.69, 9.17) is 58.6 Å². The molecule has 1 amide bonds. The zero-order chi connectivity index (χ0) is 23.0. The lowest BCUT2D eigenvalue weighted by Crippen LogP contribution is -2.60. The first-order valence-corrected chi connectivity index (χ1v) is 11.9. The fraction of sp³-hybridized carbons (Fsp3) is 0.381. The number of benzene rings is 1. The van der Waals surface area contributed by atoms with Gasteiger partial charge >= 0.3 is 0 Å². The summed E-state index contributed by atoms with van der Waals surface area (Å²) in [4.78, 5) is 26.9. The van der Waals surface area contributed by atoms with Crippen molar-refractivity contribution in [3.8, 4) is 0 Å². The molecule has 1 aromatic heterocycles. The van der Waals surface area contributed by atoms with E-state index in [1.54, 1.807) is 30.3 Å². The number of carbonyl (C=O) groups excluding carboxylic acids is 1. The third-order valence-corrected chi connectivity index (χ3v) is 6.99. The number of likely N-dealkylation sites (tertiary alicyclic amines) is 1. The van der Waals surface area contributed by atoms with Crippen molar-refractivity contribution in [2.75, 3.05) is 13.1 Å². The minimum absolute atomic E-state index is 0.0198. The Kier molecular flexibility index (Phi) is 6.94. The normalized spacial score (nSPS) is 20.8. The molecule has 2 aliphatic rings. The summed E-state index contributed by atoms with van der Waals surface area (Å²) in [6.07, 6.45) is -0.0785. The molecule has 170 valence electrons. The van der Waals surface area contributed by atoms with Crippen molar-refractivity contribution in [1.82, 2.24) is 20.1 Å². The second kappa shape index (κ2) is 9.39. The SMILES string of the molecule is O=C(NC(NC(=S)N1C[C@H]2C[C@@H](C1)c1cccc(=O)n1C2)C(Cl)(Cl)Cl)c1cccc(Cl)c1. The lowest BCUT2D eigenvalue weighted by atomic mass is 9.83. The molecule has 1 unspecified atom stereocenters. The van der Waals surface area contributed by atoms with Crippen molar-refractivity contribution in [3.63, 3.8) is 0 Å². The highest BCUT2D eigenvalue weighted by Crippen LogP contribution is 2.35. The van der Waals surface area contributed by atoms with Gasteiger partial charge in [-0.05, 0) is 48.8 Å². The number of piperidine rings is 1. The van der Waals surface area contributed by atoms with Crippen LogP contribution in [0.15, 0.2) is 47.3 Å². The number of aromatic nitrogens is 1. The van der Waals surface area contributed by atoms with Crippen molar-refractivity contribution in [3.05, 3.63) is 69.1 Å². The van der Waals surface area contributed by atoms with E-state index >= 15 is 0 Å². The van der Waals surface area contributed by atoms with Gasteiger partial charge in [-0.2, -0.15) is 0 Å². The Morgan fingerprint density at radius 2 is 1.84 bits per heavy atom. The van der Waals surface area contributed by atoms with Crippen LogP contribution in [0.3, 0.4) is 0 Å². The molecule has 1 saturated heterocycles. The fourth-order valence-corrected chi connectivity index (χ4v) is 5.11. The molecule has 3 heterocycles. The summed E-state index contributed by atoms with van der Waals surface area (Å²) >= 11 is 30.0. The Hall–Kier alpha value is -1.51. The monoisotopic (exact) mass is 532 g/mol. The summed E-state index contributed by atoms with van der Waals surface area (Å²) in [5, 5.41) is 6.47. The average Bonchev–Trinajstić information content (AvgIpc) is 2.73. The summed E-state index contributed by atoms with van der Waals surface area (Å²) in [6, 6.07) is 11.8. The van der Waals surface area contributed by atoms with Gasteiger partial charge in [-0.3, -0.25) is 9.59 Å². The Morgan fingerprint density at radius 3 is 2.56 bits per heavy atom. The van der Waals surface area contributed by atoms with E-state index in [-0.39, 0.29) is 17.4 Å². The topological polar surface area (TPSA) is 66.4 Å². The molecule has 0 saturated carbocycles. The smallest absolute Gasteiger partial charge is 0.253 e. The summed E-state index contributed by atoms with van der Waals surface area (Å²) < 4.78 is -0.00809. The van der Waals surface area contributed by atoms with Gasteiger partial charge in [0.25, 0.3) is 11.5 Å². The van der Waals surface area contributed by atoms with Crippen LogP contribution in [0.4, 0.5) is 0 Å². The van der Waals surface area contributed by atoms with Crippen LogP contribution < -0.4 is 16.2 Å². The first-order valence-electron chi connectivity index (χ1n) is 10.00. The Bertz CT molecular complexity index is 1100. The lowest BCUT2D eigenvalue weighted by molar-refractivity contribution is 0.0932. The number of nitrogens with one attached hydrogen (secondary N) is 2. The van der Waals surface area contributed by atoms with Crippen LogP contribution in [-0.4, -0.2) is 43.5 Å². The molecular weight excluding hydrogens is 514 g/mol. The van der Waals surface area contributed by atoms with Gasteiger partial charge < -0.3 is 20.1 Å². The molecule has 3 atom stereocenters. The van der Waals surface area contributed by atoms with Crippen molar-refractivity contribution in [1.29, 1.82) is 0 Å². The Balaban J connectivity index is 1.47. The molecule has 2 bridgehead atoms. The highest BCUT2D eigenvalue weighted by molar-refractivity contribution is 7.80. The van der Waals surface area contributed by atoms with Crippen molar-refractivity contribution < 1.29 is 4.79 Å². The van der Waals surface area contributed by atoms with Crippen LogP contribution in [0.2, 0.25) is 5.02 Å². The van der Waals surface area contributed by atoms with Crippen molar-refractivity contribution in [2.24, 2.45) is 5.92 Å². The zero-order valence-electron chi connectivity index (χ0n) is 16.7. The number of halogens is 4. The summed E-state index contributed by atoms with van der Waals surface area (Å²) in [5.74, 6) is -0.0141. The second-order valence-corrected chi connectivity index (χ2v) is 11.2. The second-order valence-electron chi connectivity index (χ2n) is 8.01. The maximum absolute atomic E-state index is 12.7. The molecule has 1 aromatic carbocycles. The van der Waals surface area contributed by atoms with Gasteiger partial charge in [0.15, 0.2) is 5.11 Å². The van der Waals surface area contributed by atoms with Crippen LogP contribution in [0, 0.1) is 5.92 Å². The van der Waals surface area contributed by atoms with Gasteiger partial charge in [-0.15, -0.1) is 0 Å². The molecule has 2 N–H and O–H groups in total. The highest BCUT2D eigenvalue weighted by atomic mass is 35.6. The highest BCUT2D eigenvalue weighted by Gasteiger charge is 2.39. The summed E-state index contributed by atoms with van der Waals surface area (Å²) in [6.45, 7) is 1.93. The number of thiocarbonyl (C=S) groups is 1. The molecule has 11 heteroatoms. The van der Waals surface area contributed by atoms with Crippen LogP contribution in [-0.2, 0) is 6.54 Å². The fourth-order valence-electron chi connectivity index (χ4n) is 4.32. The van der Waals surface area contributed by atoms with E-state index in [1.807, 2.05) is 15.5 Å². The number of alkyl halides is 3. The van der Waals surface area contributed by atoms with Gasteiger partial charge in [0.1, 0.15) is 6.17 Å². The number of amides is 1. The van der Waals surface area contributed by atoms with Gasteiger partial charge in [-0.1, -0.05) is 58.5 Å². The van der Waals surface area contributed by atoms with E-state index in [1.165, 1.54) is 6.07 Å². The molecule has 0 aliphatic carbocycles. The van der Waals surface area contributed by atoms with E-state index < -0.39 is 15.9 Å². The van der Waals surface area contributed by atoms with Gasteiger partial charge in [0.2, 0.25) is 3.79 Å². The first-order chi connectivity index (χ1) is 15.1.